The van der Waals surface area contributed by atoms with Crippen LogP contribution in [0.1, 0.15) is 31.0 Å². The maximum Gasteiger partial charge on any atom is 0.0692 e. The molecule has 0 atom stereocenters. The summed E-state index contributed by atoms with van der Waals surface area (Å²) in [5, 5.41) is 5.30. The van der Waals surface area contributed by atoms with Crippen molar-refractivity contribution in [1.29, 1.82) is 0 Å². The molecule has 0 aliphatic rings. The van der Waals surface area contributed by atoms with Crippen LogP contribution in [0.15, 0.2) is 30.5 Å². The molecule has 3 nitrogen and oxygen atoms in total. The summed E-state index contributed by atoms with van der Waals surface area (Å²) in [4.78, 5) is 0. The molecule has 0 aliphatic carbocycles. The Balaban J connectivity index is 2.44. The summed E-state index contributed by atoms with van der Waals surface area (Å²) in [7, 11) is 0. The lowest BCUT2D eigenvalue weighted by Gasteiger charge is -2.09. The van der Waals surface area contributed by atoms with Crippen LogP contribution in [0.25, 0.3) is 5.69 Å². The molecule has 1 aromatic heterocycles. The van der Waals surface area contributed by atoms with Gasteiger partial charge in [0.15, 0.2) is 0 Å². The molecule has 0 saturated carbocycles. The summed E-state index contributed by atoms with van der Waals surface area (Å²) in [6, 6.07) is 7.88. The number of benzene rings is 1. The van der Waals surface area contributed by atoms with Gasteiger partial charge in [0.25, 0.3) is 0 Å². The van der Waals surface area contributed by atoms with Crippen LogP contribution < -0.4 is 5.73 Å². The molecule has 0 aliphatic heterocycles. The molecule has 0 amide bonds. The van der Waals surface area contributed by atoms with Crippen molar-refractivity contribution in [2.24, 2.45) is 5.73 Å². The van der Waals surface area contributed by atoms with E-state index in [4.69, 9.17) is 17.3 Å². The minimum atomic E-state index is 0.420. The van der Waals surface area contributed by atoms with Gasteiger partial charge >= 0.3 is 0 Å². The van der Waals surface area contributed by atoms with Crippen LogP contribution in [-0.2, 0) is 6.42 Å². The number of hydrogen-bond donors (Lipinski definition) is 1. The molecule has 0 fully saturated rings. The molecular weight excluding hydrogens is 246 g/mol. The fourth-order valence-electron chi connectivity index (χ4n) is 1.90. The van der Waals surface area contributed by atoms with E-state index in [2.05, 4.69) is 18.9 Å². The number of hydrogen-bond acceptors (Lipinski definition) is 2. The van der Waals surface area contributed by atoms with E-state index in [1.807, 2.05) is 35.1 Å². The Morgan fingerprint density at radius 3 is 2.72 bits per heavy atom. The summed E-state index contributed by atoms with van der Waals surface area (Å²) < 4.78 is 1.88. The molecule has 18 heavy (non-hydrogen) atoms. The molecule has 2 aromatic rings. The SMILES string of the molecule is CC(C)c1ccn(-c2cc(Cl)ccc2CCN)n1. The molecule has 0 spiro atoms. The van der Waals surface area contributed by atoms with E-state index in [9.17, 15) is 0 Å². The van der Waals surface area contributed by atoms with Gasteiger partial charge in [0.1, 0.15) is 0 Å². The highest BCUT2D eigenvalue weighted by molar-refractivity contribution is 6.30. The second-order valence-electron chi connectivity index (χ2n) is 4.65. The highest BCUT2D eigenvalue weighted by Gasteiger charge is 2.09. The van der Waals surface area contributed by atoms with Crippen molar-refractivity contribution in [3.8, 4) is 5.69 Å². The number of halogens is 1. The van der Waals surface area contributed by atoms with Crippen LogP contribution in [0.3, 0.4) is 0 Å². The third kappa shape index (κ3) is 2.74. The normalized spacial score (nSPS) is 11.2. The molecule has 4 heteroatoms. The van der Waals surface area contributed by atoms with Gasteiger partial charge in [-0.3, -0.25) is 0 Å². The Kier molecular flexibility index (Phi) is 4.04. The van der Waals surface area contributed by atoms with Crippen LogP contribution in [0, 0.1) is 0 Å². The van der Waals surface area contributed by atoms with Crippen LogP contribution in [0.5, 0.6) is 0 Å². The van der Waals surface area contributed by atoms with Crippen LogP contribution in [-0.4, -0.2) is 16.3 Å². The largest absolute Gasteiger partial charge is 0.330 e. The first-order valence-electron chi connectivity index (χ1n) is 6.16. The maximum absolute atomic E-state index is 6.06. The predicted octanol–water partition coefficient (Wildman–Crippen LogP) is 3.15. The lowest BCUT2D eigenvalue weighted by Crippen LogP contribution is -2.07. The van der Waals surface area contributed by atoms with Gasteiger partial charge in [-0.1, -0.05) is 31.5 Å². The standard InChI is InChI=1S/C14H18ClN3/c1-10(2)13-6-8-18(17-13)14-9-12(15)4-3-11(14)5-7-16/h3-4,6,8-10H,5,7,16H2,1-2H3. The first kappa shape index (κ1) is 13.1. The average molecular weight is 264 g/mol. The summed E-state index contributed by atoms with van der Waals surface area (Å²) >= 11 is 6.06. The predicted molar refractivity (Wildman–Crippen MR) is 75.4 cm³/mol. The summed E-state index contributed by atoms with van der Waals surface area (Å²) in [6.45, 7) is 4.88. The Hall–Kier alpha value is -1.32. The van der Waals surface area contributed by atoms with Crippen molar-refractivity contribution in [3.05, 3.63) is 46.7 Å². The Morgan fingerprint density at radius 1 is 1.33 bits per heavy atom. The smallest absolute Gasteiger partial charge is 0.0692 e. The Morgan fingerprint density at radius 2 is 2.11 bits per heavy atom. The van der Waals surface area contributed by atoms with Gasteiger partial charge in [-0.25, -0.2) is 4.68 Å². The van der Waals surface area contributed by atoms with Crippen LogP contribution >= 0.6 is 11.6 Å². The van der Waals surface area contributed by atoms with Gasteiger partial charge in [0, 0.05) is 11.2 Å². The molecule has 0 saturated heterocycles. The van der Waals surface area contributed by atoms with Gasteiger partial charge in [-0.2, -0.15) is 5.10 Å². The highest BCUT2D eigenvalue weighted by Crippen LogP contribution is 2.21. The third-order valence-corrected chi connectivity index (χ3v) is 3.14. The first-order chi connectivity index (χ1) is 8.61. The first-order valence-corrected chi connectivity index (χ1v) is 6.54. The lowest BCUT2D eigenvalue weighted by atomic mass is 10.1. The van der Waals surface area contributed by atoms with Crippen LogP contribution in [0.4, 0.5) is 0 Å². The van der Waals surface area contributed by atoms with E-state index >= 15 is 0 Å². The van der Waals surface area contributed by atoms with Gasteiger partial charge < -0.3 is 5.73 Å². The van der Waals surface area contributed by atoms with E-state index in [0.29, 0.717) is 17.5 Å². The zero-order valence-corrected chi connectivity index (χ0v) is 11.5. The summed E-state index contributed by atoms with van der Waals surface area (Å²) in [5.41, 5.74) is 8.89. The number of rotatable bonds is 4. The summed E-state index contributed by atoms with van der Waals surface area (Å²) in [6.07, 6.45) is 2.80. The average Bonchev–Trinajstić information content (AvgIpc) is 2.81. The highest BCUT2D eigenvalue weighted by atomic mass is 35.5. The minimum absolute atomic E-state index is 0.420. The molecule has 96 valence electrons. The lowest BCUT2D eigenvalue weighted by molar-refractivity contribution is 0.762. The minimum Gasteiger partial charge on any atom is -0.330 e. The maximum atomic E-state index is 6.06. The van der Waals surface area contributed by atoms with E-state index in [1.54, 1.807) is 0 Å². The third-order valence-electron chi connectivity index (χ3n) is 2.91. The van der Waals surface area contributed by atoms with Gasteiger partial charge in [-0.15, -0.1) is 0 Å². The molecule has 0 bridgehead atoms. The Bertz CT molecular complexity index is 532. The van der Waals surface area contributed by atoms with Crippen molar-refractivity contribution in [1.82, 2.24) is 9.78 Å². The summed E-state index contributed by atoms with van der Waals surface area (Å²) in [5.74, 6) is 0.420. The van der Waals surface area contributed by atoms with Crippen LogP contribution in [0.2, 0.25) is 5.02 Å². The monoisotopic (exact) mass is 263 g/mol. The van der Waals surface area contributed by atoms with Crippen molar-refractivity contribution >= 4 is 11.6 Å². The topological polar surface area (TPSA) is 43.8 Å². The second kappa shape index (κ2) is 5.55. The van der Waals surface area contributed by atoms with E-state index in [0.717, 1.165) is 17.8 Å². The van der Waals surface area contributed by atoms with Gasteiger partial charge in [0.2, 0.25) is 0 Å². The van der Waals surface area contributed by atoms with E-state index in [-0.39, 0.29) is 0 Å². The molecule has 2 rings (SSSR count). The van der Waals surface area contributed by atoms with Crippen molar-refractivity contribution < 1.29 is 0 Å². The van der Waals surface area contributed by atoms with Crippen molar-refractivity contribution in [3.63, 3.8) is 0 Å². The number of nitrogens with two attached hydrogens (primary N) is 1. The Labute approximate surface area is 113 Å². The second-order valence-corrected chi connectivity index (χ2v) is 5.09. The molecule has 0 radical (unpaired) electrons. The molecular formula is C14H18ClN3. The van der Waals surface area contributed by atoms with E-state index < -0.39 is 0 Å². The number of aromatic nitrogens is 2. The van der Waals surface area contributed by atoms with Crippen molar-refractivity contribution in [2.75, 3.05) is 6.54 Å². The fraction of sp³-hybridized carbons (Fsp3) is 0.357. The van der Waals surface area contributed by atoms with Gasteiger partial charge in [0.05, 0.1) is 11.4 Å². The molecule has 1 aromatic carbocycles. The van der Waals surface area contributed by atoms with Gasteiger partial charge in [-0.05, 0) is 42.6 Å². The zero-order chi connectivity index (χ0) is 13.1. The zero-order valence-electron chi connectivity index (χ0n) is 10.7. The molecule has 1 heterocycles. The van der Waals surface area contributed by atoms with Crippen molar-refractivity contribution in [2.45, 2.75) is 26.2 Å². The number of nitrogens with zero attached hydrogens (tertiary/aromatic N) is 2. The fourth-order valence-corrected chi connectivity index (χ4v) is 2.06. The molecule has 2 N–H and O–H groups in total. The quantitative estimate of drug-likeness (QED) is 0.921. The molecule has 0 unspecified atom stereocenters. The van der Waals surface area contributed by atoms with E-state index in [1.165, 1.54) is 5.56 Å².